The van der Waals surface area contributed by atoms with Crippen molar-refractivity contribution in [3.05, 3.63) is 39.4 Å². The molecule has 0 aliphatic heterocycles. The number of pyridine rings is 1. The van der Waals surface area contributed by atoms with Gasteiger partial charge in [-0.25, -0.2) is 18.4 Å². The Bertz CT molecular complexity index is 1060. The van der Waals surface area contributed by atoms with Crippen LogP contribution in [0.3, 0.4) is 0 Å². The molecule has 0 saturated carbocycles. The van der Waals surface area contributed by atoms with E-state index in [1.807, 2.05) is 18.5 Å². The number of amides is 1. The summed E-state index contributed by atoms with van der Waals surface area (Å²) in [5.74, 6) is -0.261. The molecule has 29 heavy (non-hydrogen) atoms. The molecule has 0 unspecified atom stereocenters. The number of halogens is 3. The summed E-state index contributed by atoms with van der Waals surface area (Å²) >= 11 is 6.13. The van der Waals surface area contributed by atoms with Gasteiger partial charge in [0.1, 0.15) is 6.54 Å². The zero-order chi connectivity index (χ0) is 21.3. The first kappa shape index (κ1) is 21.2. The van der Waals surface area contributed by atoms with Crippen LogP contribution in [0, 0.1) is 27.7 Å². The summed E-state index contributed by atoms with van der Waals surface area (Å²) in [6, 6.07) is 1.36. The van der Waals surface area contributed by atoms with Crippen LogP contribution < -0.4 is 5.32 Å². The van der Waals surface area contributed by atoms with E-state index >= 15 is 0 Å². The monoisotopic (exact) mass is 424 g/mol. The molecule has 156 valence electrons. The van der Waals surface area contributed by atoms with Crippen LogP contribution in [0.1, 0.15) is 41.2 Å². The molecule has 1 amide bonds. The van der Waals surface area contributed by atoms with Gasteiger partial charge in [0, 0.05) is 24.3 Å². The van der Waals surface area contributed by atoms with Gasteiger partial charge in [0.25, 0.3) is 6.43 Å². The summed E-state index contributed by atoms with van der Waals surface area (Å²) in [5, 5.41) is 12.4. The zero-order valence-electron chi connectivity index (χ0n) is 16.8. The quantitative estimate of drug-likeness (QED) is 0.587. The first-order valence-corrected chi connectivity index (χ1v) is 9.65. The Morgan fingerprint density at radius 3 is 2.48 bits per heavy atom. The second-order valence-electron chi connectivity index (χ2n) is 7.01. The molecule has 0 aliphatic rings. The molecule has 7 nitrogen and oxygen atoms in total. The Kier molecular flexibility index (Phi) is 6.16. The van der Waals surface area contributed by atoms with Crippen molar-refractivity contribution in [2.24, 2.45) is 0 Å². The molecule has 3 heterocycles. The number of carbonyl (C=O) groups excluding carboxylic acids is 1. The van der Waals surface area contributed by atoms with Crippen molar-refractivity contribution in [1.29, 1.82) is 0 Å². The van der Waals surface area contributed by atoms with E-state index in [0.717, 1.165) is 11.4 Å². The molecule has 0 atom stereocenters. The maximum atomic E-state index is 13.4. The van der Waals surface area contributed by atoms with Gasteiger partial charge in [-0.3, -0.25) is 9.48 Å². The first-order valence-electron chi connectivity index (χ1n) is 9.28. The summed E-state index contributed by atoms with van der Waals surface area (Å²) in [6.07, 6.45) is -1.96. The van der Waals surface area contributed by atoms with Gasteiger partial charge < -0.3 is 5.32 Å². The Balaban J connectivity index is 1.63. The van der Waals surface area contributed by atoms with Gasteiger partial charge in [-0.05, 0) is 40.2 Å². The van der Waals surface area contributed by atoms with Crippen molar-refractivity contribution in [3.8, 4) is 0 Å². The van der Waals surface area contributed by atoms with Crippen molar-refractivity contribution >= 4 is 28.5 Å². The second-order valence-corrected chi connectivity index (χ2v) is 7.38. The van der Waals surface area contributed by atoms with Crippen LogP contribution in [0.4, 0.5) is 8.78 Å². The number of carbonyl (C=O) groups is 1. The van der Waals surface area contributed by atoms with E-state index < -0.39 is 6.43 Å². The molecule has 0 spiro atoms. The smallest absolute Gasteiger partial charge is 0.264 e. The van der Waals surface area contributed by atoms with Crippen molar-refractivity contribution in [2.75, 3.05) is 6.54 Å². The normalized spacial score (nSPS) is 11.6. The number of aryl methyl sites for hydroxylation is 4. The largest absolute Gasteiger partial charge is 0.354 e. The predicted molar refractivity (Wildman–Crippen MR) is 106 cm³/mol. The summed E-state index contributed by atoms with van der Waals surface area (Å²) in [6.45, 7) is 8.01. The molecule has 1 N–H and O–H groups in total. The van der Waals surface area contributed by atoms with Crippen molar-refractivity contribution < 1.29 is 13.6 Å². The molecule has 3 rings (SSSR count). The lowest BCUT2D eigenvalue weighted by Gasteiger charge is -2.08. The van der Waals surface area contributed by atoms with Crippen LogP contribution in [0.5, 0.6) is 0 Å². The lowest BCUT2D eigenvalue weighted by atomic mass is 10.1. The predicted octanol–water partition coefficient (Wildman–Crippen LogP) is 3.66. The van der Waals surface area contributed by atoms with Gasteiger partial charge in [-0.2, -0.15) is 10.2 Å². The fourth-order valence-electron chi connectivity index (χ4n) is 3.34. The van der Waals surface area contributed by atoms with Crippen molar-refractivity contribution in [3.63, 3.8) is 0 Å². The molecule has 0 bridgehead atoms. The highest BCUT2D eigenvalue weighted by Gasteiger charge is 2.20. The maximum absolute atomic E-state index is 13.4. The minimum Gasteiger partial charge on any atom is -0.354 e. The molecule has 0 aliphatic carbocycles. The number of hydrogen-bond acceptors (Lipinski definition) is 4. The van der Waals surface area contributed by atoms with Gasteiger partial charge >= 0.3 is 0 Å². The third kappa shape index (κ3) is 4.39. The van der Waals surface area contributed by atoms with Crippen LogP contribution >= 0.6 is 11.6 Å². The average Bonchev–Trinajstić information content (AvgIpc) is 3.09. The Hall–Kier alpha value is -2.55. The van der Waals surface area contributed by atoms with Crippen LogP contribution in [0.25, 0.3) is 11.0 Å². The Morgan fingerprint density at radius 2 is 1.86 bits per heavy atom. The highest BCUT2D eigenvalue weighted by Crippen LogP contribution is 2.29. The van der Waals surface area contributed by atoms with E-state index in [9.17, 15) is 13.6 Å². The first-order chi connectivity index (χ1) is 13.7. The van der Waals surface area contributed by atoms with Gasteiger partial charge in [0.15, 0.2) is 5.65 Å². The molecule has 0 saturated heterocycles. The minimum absolute atomic E-state index is 0.0881. The fraction of sp³-hybridized carbons (Fsp3) is 0.474. The lowest BCUT2D eigenvalue weighted by molar-refractivity contribution is -0.121. The summed E-state index contributed by atoms with van der Waals surface area (Å²) in [5.41, 5.74) is 2.74. The van der Waals surface area contributed by atoms with Gasteiger partial charge in [0.05, 0.1) is 27.5 Å². The van der Waals surface area contributed by atoms with Crippen LogP contribution in [-0.2, 0) is 17.9 Å². The highest BCUT2D eigenvalue weighted by atomic mass is 35.5. The Labute approximate surface area is 172 Å². The van der Waals surface area contributed by atoms with E-state index in [4.69, 9.17) is 11.6 Å². The van der Waals surface area contributed by atoms with E-state index in [0.29, 0.717) is 47.0 Å². The molecule has 3 aromatic rings. The third-order valence-corrected chi connectivity index (χ3v) is 5.27. The number of alkyl halides is 2. The second kappa shape index (κ2) is 8.44. The molecule has 10 heteroatoms. The zero-order valence-corrected chi connectivity index (χ0v) is 17.5. The Morgan fingerprint density at radius 1 is 1.17 bits per heavy atom. The van der Waals surface area contributed by atoms with Crippen molar-refractivity contribution in [2.45, 2.75) is 53.6 Å². The maximum Gasteiger partial charge on any atom is 0.264 e. The number of fused-ring (bicyclic) bond motifs is 1. The molecule has 0 radical (unpaired) electrons. The standard InChI is InChI=1S/C19H23ClF2N6O/c1-10-8-14(18(21)22)16-11(2)25-28(19(16)24-10)9-15(29)23-6-5-7-27-13(4)17(20)12(3)26-27/h8,18H,5-7,9H2,1-4H3,(H,23,29). The number of nitrogens with zero attached hydrogens (tertiary/aromatic N) is 5. The van der Waals surface area contributed by atoms with Crippen LogP contribution in [0.2, 0.25) is 5.02 Å². The third-order valence-electron chi connectivity index (χ3n) is 4.73. The molecule has 0 aromatic carbocycles. The minimum atomic E-state index is -2.63. The number of rotatable bonds is 7. The van der Waals surface area contributed by atoms with E-state index in [1.165, 1.54) is 10.7 Å². The van der Waals surface area contributed by atoms with E-state index in [-0.39, 0.29) is 18.0 Å². The van der Waals surface area contributed by atoms with E-state index in [2.05, 4.69) is 20.5 Å². The van der Waals surface area contributed by atoms with Crippen LogP contribution in [0.15, 0.2) is 6.07 Å². The van der Waals surface area contributed by atoms with Gasteiger partial charge in [0.2, 0.25) is 5.91 Å². The summed E-state index contributed by atoms with van der Waals surface area (Å²) in [4.78, 5) is 16.6. The number of hydrogen-bond donors (Lipinski definition) is 1. The number of aromatic nitrogens is 5. The van der Waals surface area contributed by atoms with Crippen LogP contribution in [-0.4, -0.2) is 37.0 Å². The number of nitrogens with one attached hydrogen (secondary N) is 1. The highest BCUT2D eigenvalue weighted by molar-refractivity contribution is 6.31. The SMILES string of the molecule is Cc1cc(C(F)F)c2c(C)nn(CC(=O)NCCCn3nc(C)c(Cl)c3C)c2n1. The summed E-state index contributed by atoms with van der Waals surface area (Å²) in [7, 11) is 0. The molecular weight excluding hydrogens is 402 g/mol. The van der Waals surface area contributed by atoms with Gasteiger partial charge in [-0.15, -0.1) is 0 Å². The average molecular weight is 425 g/mol. The summed E-state index contributed by atoms with van der Waals surface area (Å²) < 4.78 is 29.9. The van der Waals surface area contributed by atoms with E-state index in [1.54, 1.807) is 13.8 Å². The molecule has 3 aromatic heterocycles. The van der Waals surface area contributed by atoms with Crippen molar-refractivity contribution in [1.82, 2.24) is 29.9 Å². The molecule has 0 fully saturated rings. The fourth-order valence-corrected chi connectivity index (χ4v) is 3.48. The topological polar surface area (TPSA) is 77.6 Å². The van der Waals surface area contributed by atoms with Gasteiger partial charge in [-0.1, -0.05) is 11.6 Å². The lowest BCUT2D eigenvalue weighted by Crippen LogP contribution is -2.29. The molecular formula is C19H23ClF2N6O.